The van der Waals surface area contributed by atoms with Crippen molar-refractivity contribution in [1.82, 2.24) is 9.55 Å². The molecule has 104 valence electrons. The molecule has 0 atom stereocenters. The Kier molecular flexibility index (Phi) is 3.84. The molecule has 0 aliphatic rings. The van der Waals surface area contributed by atoms with Crippen molar-refractivity contribution in [1.29, 1.82) is 0 Å². The highest BCUT2D eigenvalue weighted by atomic mass is 32.1. The summed E-state index contributed by atoms with van der Waals surface area (Å²) in [5.41, 5.74) is 5.22. The number of nitrogens with zero attached hydrogens (tertiary/aromatic N) is 3. The van der Waals surface area contributed by atoms with Gasteiger partial charge in [-0.1, -0.05) is 6.07 Å². The van der Waals surface area contributed by atoms with Gasteiger partial charge in [0, 0.05) is 6.20 Å². The summed E-state index contributed by atoms with van der Waals surface area (Å²) in [6.45, 7) is 0. The maximum absolute atomic E-state index is 12.5. The first-order chi connectivity index (χ1) is 9.38. The Hall–Kier alpha value is -2.22. The highest BCUT2D eigenvalue weighted by Gasteiger charge is 2.32. The van der Waals surface area contributed by atoms with Gasteiger partial charge in [0.25, 0.3) is 0 Å². The van der Waals surface area contributed by atoms with E-state index in [4.69, 9.17) is 18.0 Å². The maximum atomic E-state index is 12.5. The van der Waals surface area contributed by atoms with Gasteiger partial charge in [0.15, 0.2) is 5.11 Å². The molecule has 20 heavy (non-hydrogen) atoms. The van der Waals surface area contributed by atoms with Crippen LogP contribution >= 0.6 is 12.2 Å². The van der Waals surface area contributed by atoms with Crippen LogP contribution in [0.4, 0.5) is 13.2 Å². The van der Waals surface area contributed by atoms with E-state index < -0.39 is 11.9 Å². The molecule has 4 nitrogen and oxygen atoms in total. The molecule has 0 spiro atoms. The number of alkyl halides is 3. The lowest BCUT2D eigenvalue weighted by atomic mass is 10.3. The fraction of sp³-hybridized carbons (Fsp3) is 0.0833. The molecule has 0 saturated heterocycles. The molecule has 2 aromatic rings. The van der Waals surface area contributed by atoms with Gasteiger partial charge in [-0.05, 0) is 36.5 Å². The lowest BCUT2D eigenvalue weighted by molar-refractivity contribution is -0.141. The van der Waals surface area contributed by atoms with E-state index in [-0.39, 0.29) is 5.11 Å². The highest BCUT2D eigenvalue weighted by Crippen LogP contribution is 2.27. The molecule has 2 rings (SSSR count). The molecular formula is C12H9F3N4S. The number of rotatable bonds is 1. The van der Waals surface area contributed by atoms with Crippen LogP contribution in [0.3, 0.4) is 0 Å². The van der Waals surface area contributed by atoms with Crippen molar-refractivity contribution in [3.63, 3.8) is 0 Å². The topological polar surface area (TPSA) is 56.2 Å². The van der Waals surface area contributed by atoms with E-state index in [9.17, 15) is 13.2 Å². The summed E-state index contributed by atoms with van der Waals surface area (Å²) in [7, 11) is 0. The first-order valence-electron chi connectivity index (χ1n) is 5.43. The number of hydrogen-bond donors (Lipinski definition) is 1. The molecule has 0 radical (unpaired) electrons. The van der Waals surface area contributed by atoms with Crippen LogP contribution in [0, 0.1) is 0 Å². The van der Waals surface area contributed by atoms with Crippen LogP contribution < -0.4 is 11.2 Å². The Balaban J connectivity index is 2.51. The van der Waals surface area contributed by atoms with Gasteiger partial charge in [-0.25, -0.2) is 9.98 Å². The number of pyridine rings is 2. The molecular weight excluding hydrogens is 289 g/mol. The second-order valence-corrected chi connectivity index (χ2v) is 4.20. The standard InChI is InChI=1S/C12H9F3N4S/c13-12(14,15)9-5-4-8(7-17-9)19-6-2-1-3-10(19)18-11(16)20/h1-7H,(H2,16,20)/b18-10+. The van der Waals surface area contributed by atoms with Gasteiger partial charge >= 0.3 is 6.18 Å². The van der Waals surface area contributed by atoms with Gasteiger partial charge in [-0.3, -0.25) is 0 Å². The van der Waals surface area contributed by atoms with Crippen LogP contribution in [0.25, 0.3) is 5.69 Å². The Morgan fingerprint density at radius 1 is 1.25 bits per heavy atom. The van der Waals surface area contributed by atoms with Crippen molar-refractivity contribution in [2.45, 2.75) is 6.18 Å². The molecule has 2 N–H and O–H groups in total. The SMILES string of the molecule is NC(=S)/N=c1\ccccn1-c1ccc(C(F)(F)F)nc1. The van der Waals surface area contributed by atoms with Crippen molar-refractivity contribution in [3.05, 3.63) is 53.9 Å². The van der Waals surface area contributed by atoms with Gasteiger partial charge in [0.2, 0.25) is 0 Å². The third-order valence-electron chi connectivity index (χ3n) is 2.38. The van der Waals surface area contributed by atoms with E-state index in [0.717, 1.165) is 12.3 Å². The van der Waals surface area contributed by atoms with E-state index in [0.29, 0.717) is 11.2 Å². The summed E-state index contributed by atoms with van der Waals surface area (Å²) >= 11 is 4.69. The largest absolute Gasteiger partial charge is 0.433 e. The van der Waals surface area contributed by atoms with Crippen molar-refractivity contribution in [2.75, 3.05) is 0 Å². The predicted molar refractivity (Wildman–Crippen MR) is 70.9 cm³/mol. The summed E-state index contributed by atoms with van der Waals surface area (Å²) in [6, 6.07) is 7.26. The number of hydrogen-bond acceptors (Lipinski definition) is 2. The molecule has 0 aromatic carbocycles. The molecule has 0 bridgehead atoms. The lowest BCUT2D eigenvalue weighted by Crippen LogP contribution is -2.22. The van der Waals surface area contributed by atoms with Crippen molar-refractivity contribution < 1.29 is 13.2 Å². The van der Waals surface area contributed by atoms with Gasteiger partial charge < -0.3 is 10.3 Å². The van der Waals surface area contributed by atoms with Crippen LogP contribution in [0.15, 0.2) is 47.7 Å². The molecule has 0 aliphatic heterocycles. The van der Waals surface area contributed by atoms with Gasteiger partial charge in [0.1, 0.15) is 11.2 Å². The van der Waals surface area contributed by atoms with E-state index in [2.05, 4.69) is 9.98 Å². The predicted octanol–water partition coefficient (Wildman–Crippen LogP) is 2.04. The molecule has 0 amide bonds. The molecule has 2 aromatic heterocycles. The summed E-state index contributed by atoms with van der Waals surface area (Å²) in [5, 5.41) is -0.0650. The smallest absolute Gasteiger partial charge is 0.374 e. The molecule has 2 heterocycles. The maximum Gasteiger partial charge on any atom is 0.433 e. The van der Waals surface area contributed by atoms with Crippen LogP contribution in [0.1, 0.15) is 5.69 Å². The summed E-state index contributed by atoms with van der Waals surface area (Å²) in [5.74, 6) is 0. The molecule has 0 saturated carbocycles. The number of halogens is 3. The second-order valence-electron chi connectivity index (χ2n) is 3.78. The van der Waals surface area contributed by atoms with Crippen LogP contribution in [-0.2, 0) is 6.18 Å². The first kappa shape index (κ1) is 14.2. The lowest BCUT2D eigenvalue weighted by Gasteiger charge is -2.09. The Bertz CT molecular complexity index is 689. The third-order valence-corrected chi connectivity index (χ3v) is 2.47. The fourth-order valence-corrected chi connectivity index (χ4v) is 1.65. The zero-order valence-corrected chi connectivity index (χ0v) is 10.8. The molecule has 0 unspecified atom stereocenters. The monoisotopic (exact) mass is 298 g/mol. The van der Waals surface area contributed by atoms with Gasteiger partial charge in [-0.15, -0.1) is 0 Å². The van der Waals surface area contributed by atoms with E-state index in [1.165, 1.54) is 10.6 Å². The van der Waals surface area contributed by atoms with Gasteiger partial charge in [0.05, 0.1) is 11.9 Å². The van der Waals surface area contributed by atoms with E-state index in [1.54, 1.807) is 24.4 Å². The minimum absolute atomic E-state index is 0.0650. The van der Waals surface area contributed by atoms with Crippen molar-refractivity contribution in [3.8, 4) is 5.69 Å². The normalized spacial score (nSPS) is 12.4. The Labute approximate surface area is 117 Å². The van der Waals surface area contributed by atoms with Crippen LogP contribution in [0.2, 0.25) is 0 Å². The van der Waals surface area contributed by atoms with Crippen LogP contribution in [-0.4, -0.2) is 14.7 Å². The van der Waals surface area contributed by atoms with E-state index in [1.807, 2.05) is 0 Å². The Morgan fingerprint density at radius 2 is 2.00 bits per heavy atom. The van der Waals surface area contributed by atoms with Crippen molar-refractivity contribution >= 4 is 17.3 Å². The van der Waals surface area contributed by atoms with E-state index >= 15 is 0 Å². The summed E-state index contributed by atoms with van der Waals surface area (Å²) in [6.07, 6.45) is -1.73. The first-order valence-corrected chi connectivity index (χ1v) is 5.84. The number of aromatic nitrogens is 2. The zero-order chi connectivity index (χ0) is 14.8. The summed E-state index contributed by atoms with van der Waals surface area (Å²) in [4.78, 5) is 7.32. The quantitative estimate of drug-likeness (QED) is 0.820. The molecule has 8 heteroatoms. The average Bonchev–Trinajstić information content (AvgIpc) is 2.38. The highest BCUT2D eigenvalue weighted by molar-refractivity contribution is 7.80. The minimum atomic E-state index is -4.47. The molecule has 0 fully saturated rings. The molecule has 0 aliphatic carbocycles. The van der Waals surface area contributed by atoms with Crippen LogP contribution in [0.5, 0.6) is 0 Å². The minimum Gasteiger partial charge on any atom is -0.374 e. The van der Waals surface area contributed by atoms with Crippen molar-refractivity contribution in [2.24, 2.45) is 10.7 Å². The average molecular weight is 298 g/mol. The zero-order valence-electron chi connectivity index (χ0n) is 10.0. The second kappa shape index (κ2) is 5.41. The number of thiocarbonyl (C=S) groups is 1. The fourth-order valence-electron chi connectivity index (χ4n) is 1.55. The Morgan fingerprint density at radius 3 is 2.55 bits per heavy atom. The summed E-state index contributed by atoms with van der Waals surface area (Å²) < 4.78 is 38.9. The number of nitrogens with two attached hydrogens (primary N) is 1. The third kappa shape index (κ3) is 3.21. The van der Waals surface area contributed by atoms with Gasteiger partial charge in [-0.2, -0.15) is 13.2 Å².